The maximum absolute atomic E-state index is 7.30. The Kier molecular flexibility index (Phi) is 7.77. The number of furan rings is 1. The summed E-state index contributed by atoms with van der Waals surface area (Å²) in [4.78, 5) is 2.47. The fourth-order valence-electron chi connectivity index (χ4n) is 12.5. The zero-order valence-corrected chi connectivity index (χ0v) is 38.1. The van der Waals surface area contributed by atoms with E-state index in [4.69, 9.17) is 9.15 Å². The van der Waals surface area contributed by atoms with Crippen LogP contribution in [0, 0.1) is 0 Å². The fourth-order valence-corrected chi connectivity index (χ4v) is 12.5. The lowest BCUT2D eigenvalue weighted by molar-refractivity contribution is 0.447. The summed E-state index contributed by atoms with van der Waals surface area (Å²) in [5.74, 6) is 1.83. The molecule has 69 heavy (non-hydrogen) atoms. The van der Waals surface area contributed by atoms with Gasteiger partial charge in [-0.15, -0.1) is 0 Å². The van der Waals surface area contributed by atoms with Crippen LogP contribution >= 0.6 is 0 Å². The van der Waals surface area contributed by atoms with Crippen molar-refractivity contribution in [1.82, 2.24) is 0 Å². The Bertz CT molecular complexity index is 4070. The summed E-state index contributed by atoms with van der Waals surface area (Å²) in [7, 11) is 0. The molecule has 3 heteroatoms. The molecule has 1 aromatic heterocycles. The van der Waals surface area contributed by atoms with Gasteiger partial charge in [-0.25, -0.2) is 0 Å². The third-order valence-corrected chi connectivity index (χ3v) is 15.7. The van der Waals surface area contributed by atoms with Crippen LogP contribution in [0.2, 0.25) is 0 Å². The van der Waals surface area contributed by atoms with E-state index in [1.165, 1.54) is 44.5 Å². The van der Waals surface area contributed by atoms with Crippen LogP contribution in [0.3, 0.4) is 0 Å². The number of hydrogen-bond donors (Lipinski definition) is 0. The molecule has 0 N–H and O–H groups in total. The molecule has 12 aromatic rings. The lowest BCUT2D eigenvalue weighted by Gasteiger charge is -2.40. The van der Waals surface area contributed by atoms with Gasteiger partial charge in [0, 0.05) is 55.1 Å². The molecule has 0 bridgehead atoms. The van der Waals surface area contributed by atoms with E-state index in [0.29, 0.717) is 0 Å². The van der Waals surface area contributed by atoms with Gasteiger partial charge in [-0.05, 0) is 121 Å². The Morgan fingerprint density at radius 2 is 0.841 bits per heavy atom. The normalized spacial score (nSPS) is 14.3. The van der Waals surface area contributed by atoms with Gasteiger partial charge in [-0.2, -0.15) is 0 Å². The van der Waals surface area contributed by atoms with Gasteiger partial charge in [0.15, 0.2) is 0 Å². The molecule has 3 nitrogen and oxygen atoms in total. The van der Waals surface area contributed by atoms with E-state index >= 15 is 0 Å². The first-order valence-electron chi connectivity index (χ1n) is 24.0. The highest BCUT2D eigenvalue weighted by Crippen LogP contribution is 2.64. The summed E-state index contributed by atoms with van der Waals surface area (Å²) in [5.41, 5.74) is 19.2. The van der Waals surface area contributed by atoms with E-state index in [0.717, 1.165) is 94.3 Å². The Hall–Kier alpha value is -8.66. The van der Waals surface area contributed by atoms with Crippen molar-refractivity contribution in [2.75, 3.05) is 4.90 Å². The molecule has 11 aromatic carbocycles. The zero-order chi connectivity index (χ0) is 45.6. The summed E-state index contributed by atoms with van der Waals surface area (Å²) in [5, 5.41) is 6.79. The van der Waals surface area contributed by atoms with E-state index in [9.17, 15) is 0 Å². The van der Waals surface area contributed by atoms with Crippen LogP contribution in [-0.2, 0) is 10.8 Å². The van der Waals surface area contributed by atoms with Crippen molar-refractivity contribution < 1.29 is 9.15 Å². The third kappa shape index (κ3) is 5.22. The second-order valence-corrected chi connectivity index (χ2v) is 19.5. The molecular formula is C66H43NO2. The van der Waals surface area contributed by atoms with Crippen LogP contribution in [-0.4, -0.2) is 0 Å². The number of rotatable bonds is 4. The van der Waals surface area contributed by atoms with Gasteiger partial charge >= 0.3 is 0 Å². The lowest BCUT2D eigenvalue weighted by Crippen LogP contribution is -2.32. The Balaban J connectivity index is 0.971. The molecule has 0 unspecified atom stereocenters. The molecule has 1 spiro atoms. The first-order chi connectivity index (χ1) is 33.9. The maximum Gasteiger partial charge on any atom is 0.140 e. The molecule has 324 valence electrons. The number of para-hydroxylation sites is 1. The first kappa shape index (κ1) is 38.4. The Morgan fingerprint density at radius 1 is 0.333 bits per heavy atom. The van der Waals surface area contributed by atoms with Crippen molar-refractivity contribution in [3.05, 3.63) is 258 Å². The second-order valence-electron chi connectivity index (χ2n) is 19.5. The molecule has 0 fully saturated rings. The van der Waals surface area contributed by atoms with Crippen molar-refractivity contribution in [2.45, 2.75) is 24.7 Å². The quantitative estimate of drug-likeness (QED) is 0.176. The van der Waals surface area contributed by atoms with Crippen molar-refractivity contribution >= 4 is 60.5 Å². The van der Waals surface area contributed by atoms with E-state index < -0.39 is 5.41 Å². The molecule has 15 rings (SSSR count). The van der Waals surface area contributed by atoms with Crippen molar-refractivity contribution in [1.29, 1.82) is 0 Å². The first-order valence-corrected chi connectivity index (χ1v) is 24.0. The average Bonchev–Trinajstić information content (AvgIpc) is 3.99. The highest BCUT2D eigenvalue weighted by Gasteiger charge is 2.52. The van der Waals surface area contributed by atoms with E-state index in [-0.39, 0.29) is 5.41 Å². The van der Waals surface area contributed by atoms with Crippen LogP contribution in [0.15, 0.2) is 229 Å². The van der Waals surface area contributed by atoms with Crippen molar-refractivity contribution in [3.63, 3.8) is 0 Å². The number of ether oxygens (including phenoxy) is 1. The van der Waals surface area contributed by atoms with E-state index in [1.54, 1.807) is 0 Å². The average molecular weight is 882 g/mol. The third-order valence-electron chi connectivity index (χ3n) is 15.7. The minimum atomic E-state index is -0.675. The molecule has 0 saturated carbocycles. The molecular weight excluding hydrogens is 839 g/mol. The van der Waals surface area contributed by atoms with Crippen LogP contribution in [0.1, 0.15) is 47.2 Å². The topological polar surface area (TPSA) is 25.6 Å². The molecule has 3 aliphatic rings. The standard InChI is InChI=1S/C66H43NO2/c1-65(2)55-20-10-7-17-49(55)51-32-30-45(38-59(51)65)67(44-28-23-40(24-29-44)43-27-36-62-54(37-43)53-19-9-12-22-61(53)68-62)46-31-33-52-50-18-8-11-21-56(50)66(60(52)39-46)57-34-25-41-13-3-5-15-47(41)63(57)69-64-48-16-6-4-14-42(48)26-35-58(64)66/h3-39H,1-2H3. The Morgan fingerprint density at radius 3 is 1.54 bits per heavy atom. The lowest BCUT2D eigenvalue weighted by atomic mass is 9.65. The van der Waals surface area contributed by atoms with Gasteiger partial charge in [0.2, 0.25) is 0 Å². The summed E-state index contributed by atoms with van der Waals surface area (Å²) in [6, 6.07) is 82.7. The zero-order valence-electron chi connectivity index (χ0n) is 38.1. The number of anilines is 3. The van der Waals surface area contributed by atoms with Gasteiger partial charge in [-0.3, -0.25) is 0 Å². The molecule has 1 aliphatic heterocycles. The SMILES string of the molecule is CC1(C)c2ccccc2-c2ccc(N(c3ccc(-c4ccc5oc6ccccc6c5c4)cc3)c3ccc4c(c3)C3(c5ccccc5-4)c4ccc5ccccc5c4Oc4c3ccc3ccccc43)cc21. The summed E-state index contributed by atoms with van der Waals surface area (Å²) < 4.78 is 13.5. The Labute approximate surface area is 400 Å². The van der Waals surface area contributed by atoms with Gasteiger partial charge in [0.1, 0.15) is 22.7 Å². The minimum absolute atomic E-state index is 0.169. The van der Waals surface area contributed by atoms with E-state index in [1.807, 2.05) is 12.1 Å². The largest absolute Gasteiger partial charge is 0.456 e. The molecule has 2 heterocycles. The smallest absolute Gasteiger partial charge is 0.140 e. The highest BCUT2D eigenvalue weighted by molar-refractivity contribution is 6.06. The predicted molar refractivity (Wildman–Crippen MR) is 284 cm³/mol. The fraction of sp³-hybridized carbons (Fsp3) is 0.0606. The second kappa shape index (κ2) is 13.9. The van der Waals surface area contributed by atoms with Crippen molar-refractivity contribution in [3.8, 4) is 44.9 Å². The monoisotopic (exact) mass is 881 g/mol. The minimum Gasteiger partial charge on any atom is -0.456 e. The maximum atomic E-state index is 7.30. The number of hydrogen-bond acceptors (Lipinski definition) is 3. The van der Waals surface area contributed by atoms with Crippen LogP contribution in [0.25, 0.3) is 76.9 Å². The molecule has 0 saturated heterocycles. The number of nitrogens with zero attached hydrogens (tertiary/aromatic N) is 1. The van der Waals surface area contributed by atoms with Gasteiger partial charge in [0.05, 0.1) is 5.41 Å². The van der Waals surface area contributed by atoms with Gasteiger partial charge in [-0.1, -0.05) is 184 Å². The van der Waals surface area contributed by atoms with Crippen LogP contribution < -0.4 is 9.64 Å². The van der Waals surface area contributed by atoms with Crippen LogP contribution in [0.5, 0.6) is 11.5 Å². The summed E-state index contributed by atoms with van der Waals surface area (Å²) in [6.45, 7) is 4.73. The predicted octanol–water partition coefficient (Wildman–Crippen LogP) is 17.8. The van der Waals surface area contributed by atoms with Gasteiger partial charge in [0.25, 0.3) is 0 Å². The number of benzene rings is 11. The van der Waals surface area contributed by atoms with Crippen LogP contribution in [0.4, 0.5) is 17.1 Å². The molecule has 2 aliphatic carbocycles. The summed E-state index contributed by atoms with van der Waals surface area (Å²) in [6.07, 6.45) is 0. The summed E-state index contributed by atoms with van der Waals surface area (Å²) >= 11 is 0. The van der Waals surface area contributed by atoms with Gasteiger partial charge < -0.3 is 14.1 Å². The van der Waals surface area contributed by atoms with Crippen molar-refractivity contribution in [2.24, 2.45) is 0 Å². The highest BCUT2D eigenvalue weighted by atomic mass is 16.5. The number of fused-ring (bicyclic) bond motifs is 19. The molecule has 0 radical (unpaired) electrons. The van der Waals surface area contributed by atoms with E-state index in [2.05, 4.69) is 231 Å². The molecule has 0 amide bonds. The molecule has 0 atom stereocenters.